The molecule has 0 amide bonds. The Bertz CT molecular complexity index is 785. The summed E-state index contributed by atoms with van der Waals surface area (Å²) < 4.78 is 7.38. The Morgan fingerprint density at radius 1 is 1.50 bits per heavy atom. The summed E-state index contributed by atoms with van der Waals surface area (Å²) in [6.45, 7) is 3.89. The monoisotopic (exact) mass is 345 g/mol. The number of morpholine rings is 1. The fourth-order valence-electron chi connectivity index (χ4n) is 2.95. The maximum atomic E-state index is 9.71. The topological polar surface area (TPSA) is 75.8 Å². The molecule has 0 aliphatic carbocycles. The van der Waals surface area contributed by atoms with E-state index < -0.39 is 0 Å². The van der Waals surface area contributed by atoms with Gasteiger partial charge in [-0.1, -0.05) is 11.3 Å². The predicted octanol–water partition coefficient (Wildman–Crippen LogP) is 1.83. The summed E-state index contributed by atoms with van der Waals surface area (Å²) in [6.07, 6.45) is 5.78. The van der Waals surface area contributed by atoms with Gasteiger partial charge < -0.3 is 14.7 Å². The number of hydrogen-bond acceptors (Lipinski definition) is 7. The molecule has 0 spiro atoms. The highest BCUT2D eigenvalue weighted by molar-refractivity contribution is 7.20. The van der Waals surface area contributed by atoms with Crippen LogP contribution in [0.2, 0.25) is 0 Å². The van der Waals surface area contributed by atoms with Crippen LogP contribution < -0.4 is 4.90 Å². The standard InChI is InChI=1S/C16H19N5O2S/c1-11(22)7-13-10-23-6-5-20(13)16-19-21-9-14(18-15(21)24-16)12-3-2-4-17-8-12/h2-4,8-9,11,13,22H,5-7,10H2,1H3. The average Bonchev–Trinajstić information content (AvgIpc) is 3.14. The smallest absolute Gasteiger partial charge is 0.214 e. The highest BCUT2D eigenvalue weighted by atomic mass is 32.1. The Hall–Kier alpha value is -2.03. The number of aromatic nitrogens is 4. The van der Waals surface area contributed by atoms with Crippen molar-refractivity contribution in [2.75, 3.05) is 24.7 Å². The van der Waals surface area contributed by atoms with Crippen LogP contribution in [0.1, 0.15) is 13.3 Å². The molecule has 7 nitrogen and oxygen atoms in total. The van der Waals surface area contributed by atoms with Gasteiger partial charge in [-0.3, -0.25) is 4.98 Å². The summed E-state index contributed by atoms with van der Waals surface area (Å²) in [6, 6.07) is 4.03. The van der Waals surface area contributed by atoms with Gasteiger partial charge in [-0.05, 0) is 25.5 Å². The zero-order valence-electron chi connectivity index (χ0n) is 13.4. The van der Waals surface area contributed by atoms with Crippen molar-refractivity contribution in [3.05, 3.63) is 30.7 Å². The molecule has 1 saturated heterocycles. The molecule has 4 heterocycles. The number of ether oxygens (including phenoxy) is 1. The van der Waals surface area contributed by atoms with E-state index in [2.05, 4.69) is 20.0 Å². The summed E-state index contributed by atoms with van der Waals surface area (Å²) in [5.74, 6) is 0. The Morgan fingerprint density at radius 2 is 2.42 bits per heavy atom. The van der Waals surface area contributed by atoms with E-state index in [-0.39, 0.29) is 12.1 Å². The second-order valence-electron chi connectivity index (χ2n) is 5.99. The first kappa shape index (κ1) is 15.5. The second-order valence-corrected chi connectivity index (χ2v) is 6.92. The zero-order chi connectivity index (χ0) is 16.5. The maximum absolute atomic E-state index is 9.71. The SMILES string of the molecule is CC(O)CC1COCCN1c1nn2cc(-c3cccnc3)nc2s1. The Labute approximate surface area is 143 Å². The minimum Gasteiger partial charge on any atom is -0.393 e. The number of rotatable bonds is 4. The van der Waals surface area contributed by atoms with Crippen LogP contribution in [0.15, 0.2) is 30.7 Å². The first-order valence-corrected chi connectivity index (χ1v) is 8.81. The van der Waals surface area contributed by atoms with E-state index in [4.69, 9.17) is 4.74 Å². The lowest BCUT2D eigenvalue weighted by Gasteiger charge is -2.35. The molecule has 0 aromatic carbocycles. The van der Waals surface area contributed by atoms with Gasteiger partial charge in [0, 0.05) is 24.5 Å². The first-order chi connectivity index (χ1) is 11.7. The summed E-state index contributed by atoms with van der Waals surface area (Å²) in [7, 11) is 0. The van der Waals surface area contributed by atoms with E-state index >= 15 is 0 Å². The number of fused-ring (bicyclic) bond motifs is 1. The van der Waals surface area contributed by atoms with Gasteiger partial charge in [0.1, 0.15) is 0 Å². The quantitative estimate of drug-likeness (QED) is 0.777. The number of aliphatic hydroxyl groups excluding tert-OH is 1. The third-order valence-electron chi connectivity index (χ3n) is 4.08. The average molecular weight is 345 g/mol. The minimum absolute atomic E-state index is 0.146. The van der Waals surface area contributed by atoms with Crippen LogP contribution in [0.4, 0.5) is 5.13 Å². The Balaban J connectivity index is 1.62. The molecule has 0 saturated carbocycles. The third kappa shape index (κ3) is 3.00. The molecule has 126 valence electrons. The highest BCUT2D eigenvalue weighted by Gasteiger charge is 2.27. The molecule has 1 fully saturated rings. The highest BCUT2D eigenvalue weighted by Crippen LogP contribution is 2.29. The number of nitrogens with zero attached hydrogens (tertiary/aromatic N) is 5. The first-order valence-electron chi connectivity index (χ1n) is 8.00. The number of hydrogen-bond donors (Lipinski definition) is 1. The minimum atomic E-state index is -0.361. The van der Waals surface area contributed by atoms with Crippen molar-refractivity contribution in [3.63, 3.8) is 0 Å². The zero-order valence-corrected chi connectivity index (χ0v) is 14.2. The van der Waals surface area contributed by atoms with Gasteiger partial charge in [-0.2, -0.15) is 0 Å². The fraction of sp³-hybridized carbons (Fsp3) is 0.438. The fourth-order valence-corrected chi connectivity index (χ4v) is 3.94. The van der Waals surface area contributed by atoms with Crippen LogP contribution >= 0.6 is 11.3 Å². The molecule has 0 bridgehead atoms. The summed E-state index contributed by atoms with van der Waals surface area (Å²) in [5, 5.41) is 15.3. The number of pyridine rings is 1. The van der Waals surface area contributed by atoms with Crippen molar-refractivity contribution in [2.24, 2.45) is 0 Å². The van der Waals surface area contributed by atoms with Crippen LogP contribution in [-0.4, -0.2) is 56.6 Å². The van der Waals surface area contributed by atoms with Crippen molar-refractivity contribution >= 4 is 21.4 Å². The van der Waals surface area contributed by atoms with E-state index in [1.54, 1.807) is 23.7 Å². The van der Waals surface area contributed by atoms with Gasteiger partial charge in [0.2, 0.25) is 10.1 Å². The van der Waals surface area contributed by atoms with Crippen molar-refractivity contribution in [2.45, 2.75) is 25.5 Å². The maximum Gasteiger partial charge on any atom is 0.214 e. The van der Waals surface area contributed by atoms with Crippen LogP contribution in [0.3, 0.4) is 0 Å². The second kappa shape index (κ2) is 6.46. The van der Waals surface area contributed by atoms with E-state index in [0.29, 0.717) is 19.6 Å². The van der Waals surface area contributed by atoms with Gasteiger partial charge in [0.05, 0.1) is 37.3 Å². The van der Waals surface area contributed by atoms with Crippen molar-refractivity contribution in [3.8, 4) is 11.3 Å². The van der Waals surface area contributed by atoms with Gasteiger partial charge >= 0.3 is 0 Å². The number of anilines is 1. The summed E-state index contributed by atoms with van der Waals surface area (Å²) in [4.78, 5) is 11.9. The molecule has 2 unspecified atom stereocenters. The molecule has 3 aromatic rings. The lowest BCUT2D eigenvalue weighted by Crippen LogP contribution is -2.47. The van der Waals surface area contributed by atoms with Crippen LogP contribution in [0.25, 0.3) is 16.2 Å². The molecular weight excluding hydrogens is 326 g/mol. The predicted molar refractivity (Wildman–Crippen MR) is 92.3 cm³/mol. The number of aliphatic hydroxyl groups is 1. The largest absolute Gasteiger partial charge is 0.393 e. The molecule has 8 heteroatoms. The summed E-state index contributed by atoms with van der Waals surface area (Å²) >= 11 is 1.56. The molecule has 1 aliphatic rings. The van der Waals surface area contributed by atoms with Crippen molar-refractivity contribution in [1.82, 2.24) is 19.6 Å². The number of imidazole rings is 1. The molecule has 2 atom stereocenters. The van der Waals surface area contributed by atoms with Gasteiger partial charge in [-0.25, -0.2) is 9.50 Å². The van der Waals surface area contributed by atoms with E-state index in [1.165, 1.54) is 0 Å². The third-order valence-corrected chi connectivity index (χ3v) is 5.04. The van der Waals surface area contributed by atoms with E-state index in [1.807, 2.05) is 29.8 Å². The molecular formula is C16H19N5O2S. The molecule has 4 rings (SSSR count). The van der Waals surface area contributed by atoms with Crippen LogP contribution in [0.5, 0.6) is 0 Å². The van der Waals surface area contributed by atoms with Crippen molar-refractivity contribution in [1.29, 1.82) is 0 Å². The molecule has 1 aliphatic heterocycles. The van der Waals surface area contributed by atoms with Crippen molar-refractivity contribution < 1.29 is 9.84 Å². The van der Waals surface area contributed by atoms with Crippen LogP contribution in [0, 0.1) is 0 Å². The Morgan fingerprint density at radius 3 is 3.17 bits per heavy atom. The van der Waals surface area contributed by atoms with E-state index in [0.717, 1.165) is 27.9 Å². The molecule has 3 aromatic heterocycles. The van der Waals surface area contributed by atoms with Gasteiger partial charge in [-0.15, -0.1) is 5.10 Å². The summed E-state index contributed by atoms with van der Waals surface area (Å²) in [5.41, 5.74) is 1.85. The van der Waals surface area contributed by atoms with Crippen LogP contribution in [-0.2, 0) is 4.74 Å². The lowest BCUT2D eigenvalue weighted by atomic mass is 10.1. The lowest BCUT2D eigenvalue weighted by molar-refractivity contribution is 0.0721. The van der Waals surface area contributed by atoms with E-state index in [9.17, 15) is 5.11 Å². The Kier molecular flexibility index (Phi) is 4.17. The van der Waals surface area contributed by atoms with Gasteiger partial charge in [0.15, 0.2) is 0 Å². The molecule has 24 heavy (non-hydrogen) atoms. The molecule has 0 radical (unpaired) electrons. The molecule has 1 N–H and O–H groups in total. The van der Waals surface area contributed by atoms with Gasteiger partial charge in [0.25, 0.3) is 0 Å². The normalized spacial score (nSPS) is 19.8.